The fourth-order valence-electron chi connectivity index (χ4n) is 2.87. The van der Waals surface area contributed by atoms with Crippen molar-refractivity contribution in [2.45, 2.75) is 44.8 Å². The fourth-order valence-corrected chi connectivity index (χ4v) is 2.87. The molecule has 0 spiro atoms. The van der Waals surface area contributed by atoms with Gasteiger partial charge in [-0.2, -0.15) is 0 Å². The summed E-state index contributed by atoms with van der Waals surface area (Å²) in [4.78, 5) is 25.8. The van der Waals surface area contributed by atoms with E-state index in [1.165, 1.54) is 0 Å². The molecule has 1 saturated heterocycles. The van der Waals surface area contributed by atoms with Crippen molar-refractivity contribution in [3.8, 4) is 0 Å². The van der Waals surface area contributed by atoms with Crippen LogP contribution in [0.3, 0.4) is 0 Å². The molecule has 144 valence electrons. The van der Waals surface area contributed by atoms with Crippen molar-refractivity contribution in [3.63, 3.8) is 0 Å². The maximum atomic E-state index is 12.1. The predicted molar refractivity (Wildman–Crippen MR) is 98.6 cm³/mol. The minimum Gasteiger partial charge on any atom is -0.449 e. The summed E-state index contributed by atoms with van der Waals surface area (Å²) in [6.07, 6.45) is 2.22. The minimum atomic E-state index is -0.548. The Balaban J connectivity index is 1.78. The van der Waals surface area contributed by atoms with Gasteiger partial charge in [-0.3, -0.25) is 0 Å². The van der Waals surface area contributed by atoms with Crippen molar-refractivity contribution in [2.24, 2.45) is 5.73 Å². The molecule has 0 aromatic heterocycles. The number of carbonyl (C=O) groups excluding carboxylic acids is 2. The Morgan fingerprint density at radius 3 is 2.50 bits per heavy atom. The SMILES string of the molecule is CCCCOC(=O)N1CCC(CN)(NC(=O)OCc2ccccc2)CC1. The average Bonchev–Trinajstić information content (AvgIpc) is 2.68. The first-order valence-corrected chi connectivity index (χ1v) is 9.19. The van der Waals surface area contributed by atoms with Crippen LogP contribution in [0.25, 0.3) is 0 Å². The molecule has 1 heterocycles. The Kier molecular flexibility index (Phi) is 7.72. The van der Waals surface area contributed by atoms with Gasteiger partial charge < -0.3 is 25.4 Å². The number of ether oxygens (including phenoxy) is 2. The molecule has 7 heteroatoms. The Morgan fingerprint density at radius 2 is 1.88 bits per heavy atom. The Bertz CT molecular complexity index is 571. The standard InChI is InChI=1S/C19H29N3O4/c1-2-3-13-25-18(24)22-11-9-19(15-20,10-12-22)21-17(23)26-14-16-7-5-4-6-8-16/h4-8H,2-3,9-15,20H2,1H3,(H,21,23). The minimum absolute atomic E-state index is 0.212. The second-order valence-electron chi connectivity index (χ2n) is 6.63. The molecule has 1 aliphatic heterocycles. The second-order valence-corrected chi connectivity index (χ2v) is 6.63. The highest BCUT2D eigenvalue weighted by Gasteiger charge is 2.37. The summed E-state index contributed by atoms with van der Waals surface area (Å²) in [5.74, 6) is 0. The van der Waals surface area contributed by atoms with Gasteiger partial charge in [-0.05, 0) is 24.8 Å². The number of hydrogen-bond donors (Lipinski definition) is 2. The van der Waals surface area contributed by atoms with Gasteiger partial charge in [0.25, 0.3) is 0 Å². The molecule has 0 bridgehead atoms. The van der Waals surface area contributed by atoms with Crippen LogP contribution in [0.2, 0.25) is 0 Å². The molecule has 1 aliphatic rings. The zero-order valence-corrected chi connectivity index (χ0v) is 15.4. The van der Waals surface area contributed by atoms with E-state index in [1.54, 1.807) is 4.90 Å². The number of nitrogens with one attached hydrogen (secondary N) is 1. The van der Waals surface area contributed by atoms with E-state index < -0.39 is 11.6 Å². The van der Waals surface area contributed by atoms with Crippen LogP contribution in [0, 0.1) is 0 Å². The van der Waals surface area contributed by atoms with Gasteiger partial charge in [-0.15, -0.1) is 0 Å². The van der Waals surface area contributed by atoms with Crippen molar-refractivity contribution < 1.29 is 19.1 Å². The Labute approximate surface area is 154 Å². The van der Waals surface area contributed by atoms with E-state index >= 15 is 0 Å². The third kappa shape index (κ3) is 5.91. The van der Waals surface area contributed by atoms with Crippen LogP contribution in [0.4, 0.5) is 9.59 Å². The van der Waals surface area contributed by atoms with Gasteiger partial charge in [0.2, 0.25) is 0 Å². The molecular weight excluding hydrogens is 334 g/mol. The van der Waals surface area contributed by atoms with Gasteiger partial charge in [0.15, 0.2) is 0 Å². The smallest absolute Gasteiger partial charge is 0.409 e. The first-order valence-electron chi connectivity index (χ1n) is 9.19. The number of unbranched alkanes of at least 4 members (excludes halogenated alkanes) is 1. The number of piperidine rings is 1. The van der Waals surface area contributed by atoms with E-state index in [0.717, 1.165) is 18.4 Å². The van der Waals surface area contributed by atoms with Crippen molar-refractivity contribution in [2.75, 3.05) is 26.2 Å². The topological polar surface area (TPSA) is 93.9 Å². The van der Waals surface area contributed by atoms with Crippen LogP contribution in [-0.4, -0.2) is 48.9 Å². The Hall–Kier alpha value is -2.28. The third-order valence-corrected chi connectivity index (χ3v) is 4.67. The van der Waals surface area contributed by atoms with E-state index in [1.807, 2.05) is 37.3 Å². The summed E-state index contributed by atoms with van der Waals surface area (Å²) in [6, 6.07) is 9.50. The van der Waals surface area contributed by atoms with Crippen LogP contribution >= 0.6 is 0 Å². The average molecular weight is 363 g/mol. The molecule has 2 rings (SSSR count). The van der Waals surface area contributed by atoms with Crippen molar-refractivity contribution >= 4 is 12.2 Å². The fraction of sp³-hybridized carbons (Fsp3) is 0.579. The Morgan fingerprint density at radius 1 is 1.19 bits per heavy atom. The van der Waals surface area contributed by atoms with Crippen LogP contribution in [-0.2, 0) is 16.1 Å². The summed E-state index contributed by atoms with van der Waals surface area (Å²) >= 11 is 0. The number of amides is 2. The third-order valence-electron chi connectivity index (χ3n) is 4.67. The maximum Gasteiger partial charge on any atom is 0.409 e. The first kappa shape index (κ1) is 20.0. The highest BCUT2D eigenvalue weighted by molar-refractivity contribution is 5.69. The van der Waals surface area contributed by atoms with Crippen LogP contribution in [0.15, 0.2) is 30.3 Å². The summed E-state index contributed by atoms with van der Waals surface area (Å²) in [7, 11) is 0. The van der Waals surface area contributed by atoms with Gasteiger partial charge in [0, 0.05) is 19.6 Å². The lowest BCUT2D eigenvalue weighted by Gasteiger charge is -2.40. The van der Waals surface area contributed by atoms with Crippen molar-refractivity contribution in [1.29, 1.82) is 0 Å². The van der Waals surface area contributed by atoms with Crippen LogP contribution in [0.5, 0.6) is 0 Å². The maximum absolute atomic E-state index is 12.1. The number of carbonyl (C=O) groups is 2. The normalized spacial score (nSPS) is 16.0. The quantitative estimate of drug-likeness (QED) is 0.726. The second kappa shape index (κ2) is 10.0. The van der Waals surface area contributed by atoms with Crippen molar-refractivity contribution in [1.82, 2.24) is 10.2 Å². The molecule has 0 unspecified atom stereocenters. The highest BCUT2D eigenvalue weighted by Crippen LogP contribution is 2.22. The van der Waals surface area contributed by atoms with Gasteiger partial charge in [-0.1, -0.05) is 43.7 Å². The molecule has 3 N–H and O–H groups in total. The molecule has 2 amide bonds. The van der Waals surface area contributed by atoms with E-state index in [-0.39, 0.29) is 12.7 Å². The largest absolute Gasteiger partial charge is 0.449 e. The lowest BCUT2D eigenvalue weighted by Crippen LogP contribution is -2.60. The number of nitrogens with two attached hydrogens (primary N) is 1. The zero-order valence-electron chi connectivity index (χ0n) is 15.4. The van der Waals surface area contributed by atoms with Gasteiger partial charge in [-0.25, -0.2) is 9.59 Å². The predicted octanol–water partition coefficient (Wildman–Crippen LogP) is 2.64. The van der Waals surface area contributed by atoms with E-state index in [0.29, 0.717) is 39.1 Å². The molecular formula is C19H29N3O4. The number of likely N-dealkylation sites (tertiary alicyclic amines) is 1. The number of alkyl carbamates (subject to hydrolysis) is 1. The summed E-state index contributed by atoms with van der Waals surface area (Å²) in [6.45, 7) is 4.00. The summed E-state index contributed by atoms with van der Waals surface area (Å²) in [5.41, 5.74) is 6.29. The molecule has 26 heavy (non-hydrogen) atoms. The van der Waals surface area contributed by atoms with Gasteiger partial charge in [0.05, 0.1) is 12.1 Å². The number of nitrogens with zero attached hydrogens (tertiary/aromatic N) is 1. The van der Waals surface area contributed by atoms with Crippen LogP contribution in [0.1, 0.15) is 38.2 Å². The molecule has 0 aliphatic carbocycles. The molecule has 7 nitrogen and oxygen atoms in total. The highest BCUT2D eigenvalue weighted by atomic mass is 16.6. The monoisotopic (exact) mass is 363 g/mol. The molecule has 0 saturated carbocycles. The molecule has 1 aromatic rings. The van der Waals surface area contributed by atoms with E-state index in [2.05, 4.69) is 5.32 Å². The molecule has 0 atom stereocenters. The van der Waals surface area contributed by atoms with Crippen molar-refractivity contribution in [3.05, 3.63) is 35.9 Å². The number of rotatable bonds is 7. The van der Waals surface area contributed by atoms with Crippen LogP contribution < -0.4 is 11.1 Å². The molecule has 1 aromatic carbocycles. The van der Waals surface area contributed by atoms with Gasteiger partial charge >= 0.3 is 12.2 Å². The van der Waals surface area contributed by atoms with E-state index in [9.17, 15) is 9.59 Å². The first-order chi connectivity index (χ1) is 12.6. The number of benzene rings is 1. The lowest BCUT2D eigenvalue weighted by molar-refractivity contribution is 0.0730. The molecule has 0 radical (unpaired) electrons. The molecule has 1 fully saturated rings. The van der Waals surface area contributed by atoms with E-state index in [4.69, 9.17) is 15.2 Å². The zero-order chi connectivity index (χ0) is 18.8. The summed E-state index contributed by atoms with van der Waals surface area (Å²) < 4.78 is 10.5. The lowest BCUT2D eigenvalue weighted by atomic mass is 9.88. The number of hydrogen-bond acceptors (Lipinski definition) is 5. The van der Waals surface area contributed by atoms with Gasteiger partial charge in [0.1, 0.15) is 6.61 Å². The summed E-state index contributed by atoms with van der Waals surface area (Å²) in [5, 5.41) is 2.90.